The summed E-state index contributed by atoms with van der Waals surface area (Å²) >= 11 is 11.5. The van der Waals surface area contributed by atoms with Crippen molar-refractivity contribution in [2.45, 2.75) is 6.42 Å². The predicted molar refractivity (Wildman–Crippen MR) is 54.0 cm³/mol. The topological polar surface area (TPSA) is 63.2 Å². The number of rotatable bonds is 1. The fourth-order valence-corrected chi connectivity index (χ4v) is 1.63. The lowest BCUT2D eigenvalue weighted by Crippen LogP contribution is -2.26. The lowest BCUT2D eigenvalue weighted by molar-refractivity contribution is -0.121. The summed E-state index contributed by atoms with van der Waals surface area (Å²) in [6.45, 7) is -0.00804. The molecule has 0 bridgehead atoms. The number of carbonyl (C=O) groups is 2. The van der Waals surface area contributed by atoms with Gasteiger partial charge in [0.2, 0.25) is 5.91 Å². The maximum atomic E-state index is 11.4. The van der Waals surface area contributed by atoms with Crippen molar-refractivity contribution in [1.82, 2.24) is 9.97 Å². The molecule has 0 spiro atoms. The molecule has 1 aromatic rings. The fraction of sp³-hybridized carbons (Fsp3) is 0.250. The number of aromatic nitrogens is 2. The molecule has 1 amide bonds. The second-order valence-corrected chi connectivity index (χ2v) is 3.73. The van der Waals surface area contributed by atoms with Gasteiger partial charge < -0.3 is 0 Å². The maximum absolute atomic E-state index is 11.4. The monoisotopic (exact) mass is 245 g/mol. The van der Waals surface area contributed by atoms with Crippen molar-refractivity contribution in [3.63, 3.8) is 0 Å². The third kappa shape index (κ3) is 1.80. The number of anilines is 1. The standard InChI is InChI=1S/C8H5Cl2N3O2/c9-6-7(10)11-3-12-8(6)13-2-4(14)1-5(13)15/h3H,1-2H2. The van der Waals surface area contributed by atoms with Crippen LogP contribution in [0.1, 0.15) is 6.42 Å². The Morgan fingerprint density at radius 1 is 1.27 bits per heavy atom. The maximum Gasteiger partial charge on any atom is 0.236 e. The van der Waals surface area contributed by atoms with Gasteiger partial charge in [-0.1, -0.05) is 23.2 Å². The molecule has 7 heteroatoms. The van der Waals surface area contributed by atoms with Crippen LogP contribution in [0.3, 0.4) is 0 Å². The minimum Gasteiger partial charge on any atom is -0.297 e. The Balaban J connectivity index is 2.42. The van der Waals surface area contributed by atoms with E-state index in [0.29, 0.717) is 0 Å². The summed E-state index contributed by atoms with van der Waals surface area (Å²) < 4.78 is 0. The van der Waals surface area contributed by atoms with Gasteiger partial charge in [0.15, 0.2) is 16.8 Å². The normalized spacial score (nSPS) is 16.3. The molecule has 1 saturated heterocycles. The predicted octanol–water partition coefficient (Wildman–Crippen LogP) is 1.09. The van der Waals surface area contributed by atoms with Crippen LogP contribution in [0.4, 0.5) is 5.82 Å². The number of hydrogen-bond donors (Lipinski definition) is 0. The van der Waals surface area contributed by atoms with Crippen LogP contribution in [0.5, 0.6) is 0 Å². The number of nitrogens with zero attached hydrogens (tertiary/aromatic N) is 3. The van der Waals surface area contributed by atoms with Crippen molar-refractivity contribution in [3.8, 4) is 0 Å². The Labute approximate surface area is 95.0 Å². The number of halogens is 2. The molecule has 0 unspecified atom stereocenters. The van der Waals surface area contributed by atoms with Crippen LogP contribution in [0.25, 0.3) is 0 Å². The molecule has 1 fully saturated rings. The molecule has 0 aromatic carbocycles. The van der Waals surface area contributed by atoms with Gasteiger partial charge in [-0.2, -0.15) is 0 Å². The van der Waals surface area contributed by atoms with Gasteiger partial charge in [0.25, 0.3) is 0 Å². The van der Waals surface area contributed by atoms with Gasteiger partial charge in [0.05, 0.1) is 13.0 Å². The van der Waals surface area contributed by atoms with Crippen molar-refractivity contribution in [3.05, 3.63) is 16.5 Å². The van der Waals surface area contributed by atoms with Crippen LogP contribution in [-0.2, 0) is 9.59 Å². The van der Waals surface area contributed by atoms with Crippen molar-refractivity contribution in [1.29, 1.82) is 0 Å². The summed E-state index contributed by atoms with van der Waals surface area (Å²) in [4.78, 5) is 31.1. The highest BCUT2D eigenvalue weighted by Crippen LogP contribution is 2.30. The highest BCUT2D eigenvalue weighted by atomic mass is 35.5. The first-order chi connectivity index (χ1) is 7.09. The zero-order valence-electron chi connectivity index (χ0n) is 7.41. The summed E-state index contributed by atoms with van der Waals surface area (Å²) in [6, 6.07) is 0. The van der Waals surface area contributed by atoms with Crippen LogP contribution in [0, 0.1) is 0 Å². The van der Waals surface area contributed by atoms with Crippen LogP contribution in [-0.4, -0.2) is 28.2 Å². The SMILES string of the molecule is O=C1CC(=O)N(c2ncnc(Cl)c2Cl)C1. The first kappa shape index (κ1) is 10.3. The summed E-state index contributed by atoms with van der Waals surface area (Å²) in [7, 11) is 0. The van der Waals surface area contributed by atoms with E-state index in [-0.39, 0.29) is 40.6 Å². The molecule has 5 nitrogen and oxygen atoms in total. The van der Waals surface area contributed by atoms with Gasteiger partial charge in [-0.05, 0) is 0 Å². The fourth-order valence-electron chi connectivity index (χ4n) is 1.31. The van der Waals surface area contributed by atoms with Gasteiger partial charge >= 0.3 is 0 Å². The van der Waals surface area contributed by atoms with E-state index in [2.05, 4.69) is 9.97 Å². The molecule has 1 aliphatic rings. The minimum absolute atomic E-state index is 0.00804. The molecule has 0 saturated carbocycles. The third-order valence-corrected chi connectivity index (χ3v) is 2.70. The molecule has 15 heavy (non-hydrogen) atoms. The highest BCUT2D eigenvalue weighted by Gasteiger charge is 2.31. The molecule has 0 N–H and O–H groups in total. The number of Topliss-reactive ketones (excluding diaryl/α,β-unsaturated/α-hetero) is 1. The van der Waals surface area contributed by atoms with Crippen molar-refractivity contribution < 1.29 is 9.59 Å². The molecule has 2 rings (SSSR count). The summed E-state index contributed by atoms with van der Waals surface area (Å²) in [5.41, 5.74) is 0. The van der Waals surface area contributed by atoms with Crippen LogP contribution < -0.4 is 4.90 Å². The molecular weight excluding hydrogens is 241 g/mol. The van der Waals surface area contributed by atoms with Crippen molar-refractivity contribution in [2.24, 2.45) is 0 Å². The molecule has 0 radical (unpaired) electrons. The second-order valence-electron chi connectivity index (χ2n) is 3.00. The molecule has 0 aliphatic carbocycles. The first-order valence-corrected chi connectivity index (χ1v) is 4.83. The van der Waals surface area contributed by atoms with Gasteiger partial charge in [-0.3, -0.25) is 14.5 Å². The van der Waals surface area contributed by atoms with Gasteiger partial charge in [-0.25, -0.2) is 9.97 Å². The Hall–Kier alpha value is -1.20. The van der Waals surface area contributed by atoms with E-state index in [9.17, 15) is 9.59 Å². The van der Waals surface area contributed by atoms with E-state index in [1.165, 1.54) is 11.2 Å². The molecule has 1 aliphatic heterocycles. The van der Waals surface area contributed by atoms with Crippen molar-refractivity contribution >= 4 is 40.7 Å². The number of hydrogen-bond acceptors (Lipinski definition) is 4. The van der Waals surface area contributed by atoms with Crippen molar-refractivity contribution in [2.75, 3.05) is 11.4 Å². The van der Waals surface area contributed by atoms with E-state index in [1.54, 1.807) is 0 Å². The van der Waals surface area contributed by atoms with E-state index < -0.39 is 0 Å². The average Bonchev–Trinajstić information content (AvgIpc) is 2.50. The lowest BCUT2D eigenvalue weighted by atomic mass is 10.3. The summed E-state index contributed by atoms with van der Waals surface area (Å²) in [5, 5.41) is 0.149. The number of carbonyl (C=O) groups excluding carboxylic acids is 2. The van der Waals surface area contributed by atoms with Gasteiger partial charge in [0.1, 0.15) is 11.3 Å². The van der Waals surface area contributed by atoms with Gasteiger partial charge in [0, 0.05) is 0 Å². The van der Waals surface area contributed by atoms with Gasteiger partial charge in [-0.15, -0.1) is 0 Å². The minimum atomic E-state index is -0.323. The third-order valence-electron chi connectivity index (χ3n) is 1.97. The Kier molecular flexibility index (Phi) is 2.58. The quantitative estimate of drug-likeness (QED) is 0.549. The summed E-state index contributed by atoms with van der Waals surface area (Å²) in [5.74, 6) is -0.296. The molecule has 1 aromatic heterocycles. The number of ketones is 1. The molecular formula is C8H5Cl2N3O2. The van der Waals surface area contributed by atoms with E-state index in [0.717, 1.165) is 0 Å². The zero-order chi connectivity index (χ0) is 11.0. The van der Waals surface area contributed by atoms with Crippen LogP contribution in [0.15, 0.2) is 6.33 Å². The largest absolute Gasteiger partial charge is 0.297 e. The molecule has 78 valence electrons. The van der Waals surface area contributed by atoms with Crippen LogP contribution in [0.2, 0.25) is 10.2 Å². The Morgan fingerprint density at radius 3 is 2.60 bits per heavy atom. The van der Waals surface area contributed by atoms with E-state index in [1.807, 2.05) is 0 Å². The van der Waals surface area contributed by atoms with E-state index >= 15 is 0 Å². The smallest absolute Gasteiger partial charge is 0.236 e. The average molecular weight is 246 g/mol. The molecule has 0 atom stereocenters. The first-order valence-electron chi connectivity index (χ1n) is 4.07. The molecule has 2 heterocycles. The summed E-state index contributed by atoms with van der Waals surface area (Å²) in [6.07, 6.45) is 1.08. The number of amides is 1. The second kappa shape index (κ2) is 3.75. The van der Waals surface area contributed by atoms with Crippen LogP contribution >= 0.6 is 23.2 Å². The zero-order valence-corrected chi connectivity index (χ0v) is 8.92. The lowest BCUT2D eigenvalue weighted by Gasteiger charge is -2.14. The Bertz CT molecular complexity index is 450. The Morgan fingerprint density at radius 2 is 2.00 bits per heavy atom. The van der Waals surface area contributed by atoms with E-state index in [4.69, 9.17) is 23.2 Å². The highest BCUT2D eigenvalue weighted by molar-refractivity contribution is 6.43.